The van der Waals surface area contributed by atoms with Crippen LogP contribution in [0.5, 0.6) is 0 Å². The van der Waals surface area contributed by atoms with E-state index in [0.717, 1.165) is 18.4 Å². The lowest BCUT2D eigenvalue weighted by Crippen LogP contribution is -2.34. The van der Waals surface area contributed by atoms with Gasteiger partial charge in [-0.1, -0.05) is 57.5 Å². The predicted molar refractivity (Wildman–Crippen MR) is 51.4 cm³/mol. The smallest absolute Gasteiger partial charge is 0.0739 e. The summed E-state index contributed by atoms with van der Waals surface area (Å²) in [5.74, 6) is 2.25. The number of hydrogen-bond acceptors (Lipinski definition) is 0. The Labute approximate surface area is 70.8 Å². The third kappa shape index (κ3) is 1.34. The Morgan fingerprint density at radius 2 is 1.82 bits per heavy atom. The van der Waals surface area contributed by atoms with Crippen LogP contribution in [0.25, 0.3) is 0 Å². The molecule has 0 saturated carbocycles. The molecule has 2 saturated heterocycles. The van der Waals surface area contributed by atoms with E-state index in [2.05, 4.69) is 6.92 Å². The summed E-state index contributed by atoms with van der Waals surface area (Å²) >= 11 is 0. The zero-order valence-electron chi connectivity index (χ0n) is 7.68. The quantitative estimate of drug-likeness (QED) is 0.502. The third-order valence-corrected chi connectivity index (χ3v) is 3.98. The highest BCUT2D eigenvalue weighted by Crippen LogP contribution is 2.45. The minimum Gasteiger partial charge on any atom is -0.0739 e. The molecule has 0 amide bonds. The van der Waals surface area contributed by atoms with Crippen molar-refractivity contribution in [1.82, 2.24) is 0 Å². The molecule has 0 radical (unpaired) electrons. The topological polar surface area (TPSA) is 0 Å². The van der Waals surface area contributed by atoms with Gasteiger partial charge < -0.3 is 0 Å². The molecule has 2 heterocycles. The average molecular weight is 150 g/mol. The van der Waals surface area contributed by atoms with E-state index in [4.69, 9.17) is 0 Å². The van der Waals surface area contributed by atoms with Gasteiger partial charge in [0.25, 0.3) is 0 Å². The van der Waals surface area contributed by atoms with Gasteiger partial charge in [-0.05, 0) is 5.92 Å². The van der Waals surface area contributed by atoms with Crippen molar-refractivity contribution in [2.75, 3.05) is 0 Å². The second kappa shape index (κ2) is 3.20. The first-order valence-electron chi connectivity index (χ1n) is 5.42. The predicted octanol–water partition coefficient (Wildman–Crippen LogP) is 3.47. The van der Waals surface area contributed by atoms with Crippen LogP contribution in [0.15, 0.2) is 0 Å². The summed E-state index contributed by atoms with van der Waals surface area (Å²) in [6.07, 6.45) is 10.7. The molecule has 2 fully saturated rings. The van der Waals surface area contributed by atoms with Crippen LogP contribution in [0.4, 0.5) is 0 Å². The highest BCUT2D eigenvalue weighted by Gasteiger charge is 2.36. The summed E-state index contributed by atoms with van der Waals surface area (Å²) in [5.41, 5.74) is 0. The van der Waals surface area contributed by atoms with Gasteiger partial charge in [0.05, 0.1) is 0 Å². The molecule has 0 spiro atoms. The van der Waals surface area contributed by atoms with Crippen molar-refractivity contribution in [3.8, 4) is 0 Å². The molecule has 2 aliphatic heterocycles. The summed E-state index contributed by atoms with van der Waals surface area (Å²) < 4.78 is 0. The van der Waals surface area contributed by atoms with Gasteiger partial charge in [0, 0.05) is 0 Å². The van der Waals surface area contributed by atoms with Gasteiger partial charge in [0.15, 0.2) is 0 Å². The fourth-order valence-electron chi connectivity index (χ4n) is 3.48. The van der Waals surface area contributed by atoms with Crippen LogP contribution >= 0.6 is 0 Å². The standard InChI is InChI=1S/C10H19B/c1-2-10-9-5-3-7-11(10)8-4-6-9/h9-10H,2-8H2,1H3. The molecule has 1 unspecified atom stereocenters. The van der Waals surface area contributed by atoms with E-state index >= 15 is 0 Å². The SMILES string of the molecule is CCC1B2CCCC1CCC2. The summed E-state index contributed by atoms with van der Waals surface area (Å²) in [5, 5.41) is 0. The fraction of sp³-hybridized carbons (Fsp3) is 1.00. The molecular weight excluding hydrogens is 131 g/mol. The minimum atomic E-state index is 1.12. The van der Waals surface area contributed by atoms with E-state index in [0.29, 0.717) is 0 Å². The molecule has 62 valence electrons. The molecule has 2 aliphatic rings. The lowest BCUT2D eigenvalue weighted by Gasteiger charge is -2.40. The Bertz CT molecular complexity index is 111. The number of rotatable bonds is 1. The van der Waals surface area contributed by atoms with E-state index in [-0.39, 0.29) is 0 Å². The summed E-state index contributed by atoms with van der Waals surface area (Å²) in [4.78, 5) is 0. The van der Waals surface area contributed by atoms with Crippen molar-refractivity contribution in [2.24, 2.45) is 5.92 Å². The Balaban J connectivity index is 2.04. The van der Waals surface area contributed by atoms with Crippen molar-refractivity contribution in [3.05, 3.63) is 0 Å². The first-order chi connectivity index (χ1) is 5.42. The third-order valence-electron chi connectivity index (χ3n) is 3.98. The summed E-state index contributed by atoms with van der Waals surface area (Å²) in [7, 11) is 0. The molecule has 11 heavy (non-hydrogen) atoms. The maximum atomic E-state index is 2.39. The lowest BCUT2D eigenvalue weighted by molar-refractivity contribution is 0.360. The molecular formula is C10H19B. The van der Waals surface area contributed by atoms with Crippen LogP contribution in [0.1, 0.15) is 39.0 Å². The zero-order chi connectivity index (χ0) is 7.68. The van der Waals surface area contributed by atoms with Crippen LogP contribution in [0.2, 0.25) is 18.5 Å². The molecule has 2 bridgehead atoms. The Morgan fingerprint density at radius 3 is 2.18 bits per heavy atom. The van der Waals surface area contributed by atoms with Gasteiger partial charge in [0.1, 0.15) is 6.71 Å². The van der Waals surface area contributed by atoms with E-state index in [1.165, 1.54) is 19.3 Å². The normalized spacial score (nSPS) is 37.4. The molecule has 2 rings (SSSR count). The van der Waals surface area contributed by atoms with Crippen LogP contribution in [-0.4, -0.2) is 6.71 Å². The van der Waals surface area contributed by atoms with Crippen LogP contribution in [-0.2, 0) is 0 Å². The zero-order valence-corrected chi connectivity index (χ0v) is 7.68. The van der Waals surface area contributed by atoms with Gasteiger partial charge in [0.2, 0.25) is 0 Å². The first-order valence-corrected chi connectivity index (χ1v) is 5.42. The molecule has 0 aromatic rings. The minimum absolute atomic E-state index is 1.12. The molecule has 0 aromatic heterocycles. The highest BCUT2D eigenvalue weighted by molar-refractivity contribution is 6.61. The van der Waals surface area contributed by atoms with Crippen LogP contribution in [0.3, 0.4) is 0 Å². The van der Waals surface area contributed by atoms with Gasteiger partial charge in [-0.25, -0.2) is 0 Å². The largest absolute Gasteiger partial charge is 0.143 e. The molecule has 0 nitrogen and oxygen atoms in total. The van der Waals surface area contributed by atoms with E-state index in [9.17, 15) is 0 Å². The van der Waals surface area contributed by atoms with Crippen molar-refractivity contribution >= 4 is 6.71 Å². The fourth-order valence-corrected chi connectivity index (χ4v) is 3.48. The Kier molecular flexibility index (Phi) is 2.24. The van der Waals surface area contributed by atoms with Crippen molar-refractivity contribution in [2.45, 2.75) is 57.5 Å². The Hall–Kier alpha value is 0.0649. The molecule has 1 atom stereocenters. The van der Waals surface area contributed by atoms with E-state index in [1.807, 2.05) is 0 Å². The molecule has 1 heteroatoms. The maximum absolute atomic E-state index is 2.39. The van der Waals surface area contributed by atoms with Gasteiger partial charge in [-0.3, -0.25) is 0 Å². The van der Waals surface area contributed by atoms with Gasteiger partial charge in [-0.15, -0.1) is 0 Å². The van der Waals surface area contributed by atoms with E-state index in [1.54, 1.807) is 25.5 Å². The number of hydrogen-bond donors (Lipinski definition) is 0. The Morgan fingerprint density at radius 1 is 1.18 bits per heavy atom. The van der Waals surface area contributed by atoms with Crippen molar-refractivity contribution in [1.29, 1.82) is 0 Å². The monoisotopic (exact) mass is 150 g/mol. The molecule has 0 aliphatic carbocycles. The molecule has 0 N–H and O–H groups in total. The highest BCUT2D eigenvalue weighted by atomic mass is 14.3. The van der Waals surface area contributed by atoms with Crippen LogP contribution in [0, 0.1) is 5.92 Å². The van der Waals surface area contributed by atoms with Gasteiger partial charge in [-0.2, -0.15) is 0 Å². The second-order valence-electron chi connectivity index (χ2n) is 4.45. The van der Waals surface area contributed by atoms with E-state index < -0.39 is 0 Å². The summed E-state index contributed by atoms with van der Waals surface area (Å²) in [6.45, 7) is 3.52. The van der Waals surface area contributed by atoms with Gasteiger partial charge >= 0.3 is 0 Å². The summed E-state index contributed by atoms with van der Waals surface area (Å²) in [6, 6.07) is 0. The average Bonchev–Trinajstić information content (AvgIpc) is 2.03. The maximum Gasteiger partial charge on any atom is 0.143 e. The molecule has 0 aromatic carbocycles. The second-order valence-corrected chi connectivity index (χ2v) is 4.45. The lowest BCUT2D eigenvalue weighted by atomic mass is 9.28. The van der Waals surface area contributed by atoms with Crippen molar-refractivity contribution in [3.63, 3.8) is 0 Å². The van der Waals surface area contributed by atoms with Crippen molar-refractivity contribution < 1.29 is 0 Å². The van der Waals surface area contributed by atoms with Crippen LogP contribution < -0.4 is 0 Å². The first kappa shape index (κ1) is 7.70. The number of fused-ring (bicyclic) bond motifs is 2.